The summed E-state index contributed by atoms with van der Waals surface area (Å²) in [4.78, 5) is 33.4. The molecule has 0 atom stereocenters. The van der Waals surface area contributed by atoms with Crippen LogP contribution in [0.2, 0.25) is 5.02 Å². The van der Waals surface area contributed by atoms with E-state index in [0.29, 0.717) is 21.8 Å². The number of alkyl halides is 3. The number of nitrogens with one attached hydrogen (secondary N) is 4. The Hall–Kier alpha value is -3.80. The number of nitrogens with zero attached hydrogens (tertiary/aromatic N) is 1. The van der Waals surface area contributed by atoms with Gasteiger partial charge in [0, 0.05) is 22.9 Å². The number of amides is 2. The van der Waals surface area contributed by atoms with Crippen molar-refractivity contribution in [3.05, 3.63) is 81.9 Å². The number of fused-ring (bicyclic) bond motifs is 1. The van der Waals surface area contributed by atoms with Crippen LogP contribution in [0.4, 0.5) is 30.5 Å². The fourth-order valence-electron chi connectivity index (χ4n) is 3.68. The predicted octanol–water partition coefficient (Wildman–Crippen LogP) is 5.87. The first-order valence-corrected chi connectivity index (χ1v) is 11.4. The second-order valence-corrected chi connectivity index (χ2v) is 8.43. The number of anilines is 3. The van der Waals surface area contributed by atoms with Crippen molar-refractivity contribution in [1.29, 1.82) is 0 Å². The number of H-pyrrole nitrogens is 1. The predicted molar refractivity (Wildman–Crippen MR) is 142 cm³/mol. The molecule has 0 radical (unpaired) electrons. The van der Waals surface area contributed by atoms with E-state index in [2.05, 4.69) is 25.9 Å². The zero-order valence-electron chi connectivity index (χ0n) is 19.7. The first kappa shape index (κ1) is 28.8. The van der Waals surface area contributed by atoms with Crippen LogP contribution in [-0.2, 0) is 6.18 Å². The first-order chi connectivity index (χ1) is 17.6. The third-order valence-electron chi connectivity index (χ3n) is 5.49. The number of aromatic nitrogens is 2. The molecule has 0 aliphatic rings. The lowest BCUT2D eigenvalue weighted by molar-refractivity contribution is -0.137. The average molecular weight is 568 g/mol. The van der Waals surface area contributed by atoms with E-state index in [-0.39, 0.29) is 48.3 Å². The van der Waals surface area contributed by atoms with Crippen molar-refractivity contribution in [3.63, 3.8) is 0 Å². The molecule has 0 bridgehead atoms. The highest BCUT2D eigenvalue weighted by Crippen LogP contribution is 2.33. The Morgan fingerprint density at radius 2 is 1.74 bits per heavy atom. The second-order valence-electron chi connectivity index (χ2n) is 8.02. The Balaban J connectivity index is 0.00000400. The van der Waals surface area contributed by atoms with Crippen LogP contribution in [0.5, 0.6) is 0 Å². The molecule has 2 amide bonds. The monoisotopic (exact) mass is 567 g/mol. The van der Waals surface area contributed by atoms with Gasteiger partial charge in [-0.05, 0) is 48.9 Å². The summed E-state index contributed by atoms with van der Waals surface area (Å²) < 4.78 is 40.3. The Morgan fingerprint density at radius 3 is 2.45 bits per heavy atom. The maximum Gasteiger partial charge on any atom is 0.417 e. The maximum atomic E-state index is 13.4. The van der Waals surface area contributed by atoms with Crippen LogP contribution in [0.3, 0.4) is 0 Å². The van der Waals surface area contributed by atoms with E-state index < -0.39 is 29.1 Å². The number of aliphatic hydroxyl groups is 1. The van der Waals surface area contributed by atoms with Crippen molar-refractivity contribution < 1.29 is 27.9 Å². The molecule has 1 heterocycles. The van der Waals surface area contributed by atoms with Crippen LogP contribution in [0.1, 0.15) is 31.8 Å². The van der Waals surface area contributed by atoms with Crippen molar-refractivity contribution in [2.75, 3.05) is 29.1 Å². The van der Waals surface area contributed by atoms with Crippen LogP contribution in [-0.4, -0.2) is 40.0 Å². The highest BCUT2D eigenvalue weighted by atomic mass is 35.5. The Bertz CT molecular complexity index is 1490. The molecule has 0 fully saturated rings. The van der Waals surface area contributed by atoms with Gasteiger partial charge in [-0.2, -0.15) is 13.2 Å². The quantitative estimate of drug-likeness (QED) is 0.191. The van der Waals surface area contributed by atoms with Gasteiger partial charge in [0.05, 0.1) is 28.8 Å². The van der Waals surface area contributed by atoms with Gasteiger partial charge < -0.3 is 26.0 Å². The van der Waals surface area contributed by atoms with Crippen LogP contribution in [0.25, 0.3) is 11.0 Å². The zero-order valence-corrected chi connectivity index (χ0v) is 21.3. The number of imidazole rings is 1. The molecule has 4 aromatic rings. The highest BCUT2D eigenvalue weighted by molar-refractivity contribution is 6.31. The molecule has 5 N–H and O–H groups in total. The minimum Gasteiger partial charge on any atom is -0.395 e. The Labute approximate surface area is 226 Å². The maximum absolute atomic E-state index is 13.4. The van der Waals surface area contributed by atoms with E-state index in [1.807, 2.05) is 0 Å². The van der Waals surface area contributed by atoms with Gasteiger partial charge in [0.2, 0.25) is 5.95 Å². The SMILES string of the molecule is Cc1c(Cl)cccc1NC(=O)c1cc(NC(=O)c2ccccc2C(F)(F)F)cc2[nH]c(NCCO)nc12.Cl. The van der Waals surface area contributed by atoms with E-state index in [0.717, 1.165) is 12.1 Å². The van der Waals surface area contributed by atoms with Crippen LogP contribution in [0.15, 0.2) is 54.6 Å². The van der Waals surface area contributed by atoms with E-state index in [4.69, 9.17) is 16.7 Å². The number of benzene rings is 3. The van der Waals surface area contributed by atoms with Gasteiger partial charge in [0.1, 0.15) is 5.52 Å². The van der Waals surface area contributed by atoms with Gasteiger partial charge in [0.15, 0.2) is 0 Å². The summed E-state index contributed by atoms with van der Waals surface area (Å²) in [6, 6.07) is 12.2. The molecule has 0 spiro atoms. The second kappa shape index (κ2) is 11.7. The number of aliphatic hydroxyl groups excluding tert-OH is 1. The minimum absolute atomic E-state index is 0. The molecule has 13 heteroatoms. The number of rotatable bonds is 7. The molecule has 0 unspecified atom stereocenters. The van der Waals surface area contributed by atoms with E-state index in [1.54, 1.807) is 25.1 Å². The zero-order chi connectivity index (χ0) is 26.7. The summed E-state index contributed by atoms with van der Waals surface area (Å²) in [5, 5.41) is 17.6. The van der Waals surface area contributed by atoms with Gasteiger partial charge in [-0.3, -0.25) is 9.59 Å². The van der Waals surface area contributed by atoms with Gasteiger partial charge in [-0.15, -0.1) is 12.4 Å². The smallest absolute Gasteiger partial charge is 0.395 e. The molecule has 8 nitrogen and oxygen atoms in total. The van der Waals surface area contributed by atoms with Crippen LogP contribution in [0, 0.1) is 6.92 Å². The molecule has 0 aliphatic carbocycles. The molecular formula is C25H22Cl2F3N5O3. The van der Waals surface area contributed by atoms with Crippen molar-refractivity contribution in [1.82, 2.24) is 9.97 Å². The number of hydrogen-bond acceptors (Lipinski definition) is 5. The molecule has 38 heavy (non-hydrogen) atoms. The standard InChI is InChI=1S/C25H21ClF3N5O3.ClH/c1-13-18(26)7-4-8-19(13)32-23(37)16-11-14(12-20-21(16)34-24(33-20)30-9-10-35)31-22(36)15-5-2-3-6-17(15)25(27,28)29;/h2-8,11-12,35H,9-10H2,1H3,(H,31,36)(H,32,37)(H2,30,33,34);1H. The largest absolute Gasteiger partial charge is 0.417 e. The molecule has 3 aromatic carbocycles. The molecule has 1 aromatic heterocycles. The van der Waals surface area contributed by atoms with Crippen molar-refractivity contribution >= 4 is 64.2 Å². The molecule has 4 rings (SSSR count). The lowest BCUT2D eigenvalue weighted by Crippen LogP contribution is -2.19. The normalized spacial score (nSPS) is 11.1. The van der Waals surface area contributed by atoms with E-state index in [1.165, 1.54) is 24.3 Å². The number of hydrogen-bond donors (Lipinski definition) is 5. The third kappa shape index (κ3) is 6.18. The van der Waals surface area contributed by atoms with Gasteiger partial charge in [-0.1, -0.05) is 29.8 Å². The fraction of sp³-hybridized carbons (Fsp3) is 0.160. The van der Waals surface area contributed by atoms with E-state index in [9.17, 15) is 22.8 Å². The average Bonchev–Trinajstić information content (AvgIpc) is 3.27. The molecule has 0 aliphatic heterocycles. The summed E-state index contributed by atoms with van der Waals surface area (Å²) in [6.07, 6.45) is -4.73. The summed E-state index contributed by atoms with van der Waals surface area (Å²) in [6.45, 7) is 1.74. The topological polar surface area (TPSA) is 119 Å². The molecule has 0 saturated heterocycles. The number of carbonyl (C=O) groups excluding carboxylic acids is 2. The molecular weight excluding hydrogens is 546 g/mol. The van der Waals surface area contributed by atoms with Crippen molar-refractivity contribution in [2.24, 2.45) is 0 Å². The first-order valence-electron chi connectivity index (χ1n) is 11.0. The van der Waals surface area contributed by atoms with Crippen LogP contribution >= 0.6 is 24.0 Å². The van der Waals surface area contributed by atoms with Crippen LogP contribution < -0.4 is 16.0 Å². The Kier molecular flexibility index (Phi) is 8.87. The highest BCUT2D eigenvalue weighted by Gasteiger charge is 2.35. The van der Waals surface area contributed by atoms with Gasteiger partial charge in [-0.25, -0.2) is 4.98 Å². The minimum atomic E-state index is -4.73. The number of carbonyl (C=O) groups is 2. The lowest BCUT2D eigenvalue weighted by Gasteiger charge is -2.14. The summed E-state index contributed by atoms with van der Waals surface area (Å²) in [5.74, 6) is -1.33. The number of aromatic amines is 1. The summed E-state index contributed by atoms with van der Waals surface area (Å²) in [7, 11) is 0. The Morgan fingerprint density at radius 1 is 1.03 bits per heavy atom. The van der Waals surface area contributed by atoms with Crippen molar-refractivity contribution in [3.8, 4) is 0 Å². The lowest BCUT2D eigenvalue weighted by atomic mass is 10.1. The third-order valence-corrected chi connectivity index (χ3v) is 5.90. The molecule has 200 valence electrons. The van der Waals surface area contributed by atoms with Gasteiger partial charge in [0.25, 0.3) is 11.8 Å². The van der Waals surface area contributed by atoms with Crippen molar-refractivity contribution in [2.45, 2.75) is 13.1 Å². The summed E-state index contributed by atoms with van der Waals surface area (Å²) in [5.41, 5.74) is 0.124. The van der Waals surface area contributed by atoms with E-state index >= 15 is 0 Å². The fourth-order valence-corrected chi connectivity index (χ4v) is 3.85. The number of halogens is 5. The van der Waals surface area contributed by atoms with Gasteiger partial charge >= 0.3 is 6.18 Å². The summed E-state index contributed by atoms with van der Waals surface area (Å²) >= 11 is 6.15. The molecule has 0 saturated carbocycles.